The lowest BCUT2D eigenvalue weighted by Crippen LogP contribution is -2.48. The summed E-state index contributed by atoms with van der Waals surface area (Å²) in [5.74, 6) is 0.263. The molecule has 1 aliphatic heterocycles. The Labute approximate surface area is 124 Å². The highest BCUT2D eigenvalue weighted by atomic mass is 16.3. The van der Waals surface area contributed by atoms with Gasteiger partial charge >= 0.3 is 0 Å². The predicted molar refractivity (Wildman–Crippen MR) is 79.3 cm³/mol. The van der Waals surface area contributed by atoms with Gasteiger partial charge in [-0.25, -0.2) is 0 Å². The Kier molecular flexibility index (Phi) is 4.83. The summed E-state index contributed by atoms with van der Waals surface area (Å²) in [6.45, 7) is 4.99. The molecule has 5 heteroatoms. The summed E-state index contributed by atoms with van der Waals surface area (Å²) in [6.07, 6.45) is 3.66. The van der Waals surface area contributed by atoms with Crippen LogP contribution in [0.25, 0.3) is 0 Å². The van der Waals surface area contributed by atoms with Crippen molar-refractivity contribution < 1.29 is 14.3 Å². The molecule has 1 aliphatic rings. The van der Waals surface area contributed by atoms with Crippen LogP contribution >= 0.6 is 0 Å². The van der Waals surface area contributed by atoms with Crippen molar-refractivity contribution in [1.82, 2.24) is 4.90 Å². The lowest BCUT2D eigenvalue weighted by Gasteiger charge is -2.41. The third kappa shape index (κ3) is 3.53. The number of rotatable bonds is 4. The van der Waals surface area contributed by atoms with Crippen molar-refractivity contribution in [2.75, 3.05) is 19.7 Å². The molecule has 0 spiro atoms. The predicted octanol–water partition coefficient (Wildman–Crippen LogP) is 1.96. The van der Waals surface area contributed by atoms with Crippen molar-refractivity contribution in [2.45, 2.75) is 39.5 Å². The van der Waals surface area contributed by atoms with Gasteiger partial charge in [-0.2, -0.15) is 0 Å². The van der Waals surface area contributed by atoms with E-state index < -0.39 is 0 Å². The Morgan fingerprint density at radius 3 is 2.86 bits per heavy atom. The van der Waals surface area contributed by atoms with Gasteiger partial charge in [-0.15, -0.1) is 0 Å². The molecule has 2 rings (SSSR count). The molecule has 1 saturated heterocycles. The molecule has 1 aromatic rings. The molecule has 116 valence electrons. The number of nitrogens with zero attached hydrogens (tertiary/aromatic N) is 1. The Morgan fingerprint density at radius 1 is 1.48 bits per heavy atom. The van der Waals surface area contributed by atoms with Crippen molar-refractivity contribution in [2.24, 2.45) is 5.41 Å². The summed E-state index contributed by atoms with van der Waals surface area (Å²) in [7, 11) is 0. The zero-order chi connectivity index (χ0) is 15.5. The zero-order valence-corrected chi connectivity index (χ0v) is 12.7. The number of hydrogen-bond donors (Lipinski definition) is 1. The summed E-state index contributed by atoms with van der Waals surface area (Å²) in [6, 6.07) is 2.60. The van der Waals surface area contributed by atoms with Crippen LogP contribution in [-0.4, -0.2) is 35.6 Å². The average molecular weight is 293 g/mol. The van der Waals surface area contributed by atoms with E-state index in [0.717, 1.165) is 25.7 Å². The van der Waals surface area contributed by atoms with E-state index in [2.05, 4.69) is 6.92 Å². The number of piperidine rings is 1. The summed E-state index contributed by atoms with van der Waals surface area (Å²) in [5.41, 5.74) is -0.437. The Bertz CT molecular complexity index is 562. The first-order valence-corrected chi connectivity index (χ1v) is 7.51. The van der Waals surface area contributed by atoms with E-state index in [-0.39, 0.29) is 29.1 Å². The molecule has 1 amide bonds. The van der Waals surface area contributed by atoms with E-state index in [1.165, 1.54) is 12.1 Å². The van der Waals surface area contributed by atoms with Crippen LogP contribution in [0, 0.1) is 12.3 Å². The van der Waals surface area contributed by atoms with Crippen LogP contribution in [0.3, 0.4) is 0 Å². The molecule has 0 bridgehead atoms. The van der Waals surface area contributed by atoms with Crippen molar-refractivity contribution in [1.29, 1.82) is 0 Å². The number of aryl methyl sites for hydroxylation is 1. The molecule has 0 unspecified atom stereocenters. The van der Waals surface area contributed by atoms with E-state index >= 15 is 0 Å². The molecule has 1 atom stereocenters. The van der Waals surface area contributed by atoms with Gasteiger partial charge in [0.2, 0.25) is 0 Å². The number of aliphatic hydroxyl groups is 1. The average Bonchev–Trinajstić information content (AvgIpc) is 2.46. The topological polar surface area (TPSA) is 70.8 Å². The molecular formula is C16H23NO4. The van der Waals surface area contributed by atoms with Gasteiger partial charge in [0.1, 0.15) is 5.76 Å². The van der Waals surface area contributed by atoms with Crippen LogP contribution < -0.4 is 5.43 Å². The van der Waals surface area contributed by atoms with Crippen molar-refractivity contribution in [3.05, 3.63) is 33.9 Å². The third-order valence-electron chi connectivity index (χ3n) is 4.16. The standard InChI is InChI=1S/C16H23NO4/c1-3-5-16(11-18)6-4-7-17(10-16)15(20)14-9-13(19)8-12(2)21-14/h8-9,18H,3-7,10-11H2,1-2H3/t16-/m1/s1. The zero-order valence-electron chi connectivity index (χ0n) is 12.7. The molecule has 1 fully saturated rings. The number of carbonyl (C=O) groups excluding carboxylic acids is 1. The molecule has 21 heavy (non-hydrogen) atoms. The van der Waals surface area contributed by atoms with Crippen LogP contribution in [0.5, 0.6) is 0 Å². The van der Waals surface area contributed by atoms with E-state index in [1.807, 2.05) is 0 Å². The molecule has 0 saturated carbocycles. The SMILES string of the molecule is CCC[C@@]1(CO)CCCN(C(=O)c2cc(=O)cc(C)o2)C1. The van der Waals surface area contributed by atoms with E-state index in [4.69, 9.17) is 4.42 Å². The largest absolute Gasteiger partial charge is 0.456 e. The van der Waals surface area contributed by atoms with Crippen LogP contribution in [0.1, 0.15) is 48.9 Å². The van der Waals surface area contributed by atoms with E-state index in [1.54, 1.807) is 11.8 Å². The first-order valence-electron chi connectivity index (χ1n) is 7.51. The molecule has 0 radical (unpaired) electrons. The minimum atomic E-state index is -0.260. The summed E-state index contributed by atoms with van der Waals surface area (Å²) < 4.78 is 5.38. The number of amides is 1. The molecule has 2 heterocycles. The highest BCUT2D eigenvalue weighted by Gasteiger charge is 2.36. The molecule has 1 N–H and O–H groups in total. The van der Waals surface area contributed by atoms with E-state index in [0.29, 0.717) is 18.8 Å². The van der Waals surface area contributed by atoms with Gasteiger partial charge in [-0.3, -0.25) is 9.59 Å². The summed E-state index contributed by atoms with van der Waals surface area (Å²) in [4.78, 5) is 25.7. The maximum atomic E-state index is 12.5. The van der Waals surface area contributed by atoms with Gasteiger partial charge in [0, 0.05) is 30.6 Å². The maximum absolute atomic E-state index is 12.5. The number of aliphatic hydroxyl groups excluding tert-OH is 1. The van der Waals surface area contributed by atoms with Crippen molar-refractivity contribution in [3.63, 3.8) is 0 Å². The monoisotopic (exact) mass is 293 g/mol. The maximum Gasteiger partial charge on any atom is 0.289 e. The van der Waals surface area contributed by atoms with Crippen LogP contribution in [0.4, 0.5) is 0 Å². The van der Waals surface area contributed by atoms with E-state index in [9.17, 15) is 14.7 Å². The van der Waals surface area contributed by atoms with Gasteiger partial charge in [0.15, 0.2) is 11.2 Å². The number of likely N-dealkylation sites (tertiary alicyclic amines) is 1. The fourth-order valence-corrected chi connectivity index (χ4v) is 3.19. The molecule has 0 aromatic carbocycles. The lowest BCUT2D eigenvalue weighted by molar-refractivity contribution is 0.0203. The first-order chi connectivity index (χ1) is 9.99. The molecule has 0 aliphatic carbocycles. The highest BCUT2D eigenvalue weighted by molar-refractivity contribution is 5.91. The first kappa shape index (κ1) is 15.8. The Balaban J connectivity index is 2.20. The summed E-state index contributed by atoms with van der Waals surface area (Å²) in [5, 5.41) is 9.72. The van der Waals surface area contributed by atoms with Gasteiger partial charge in [0.25, 0.3) is 5.91 Å². The van der Waals surface area contributed by atoms with Crippen LogP contribution in [-0.2, 0) is 0 Å². The van der Waals surface area contributed by atoms with Crippen molar-refractivity contribution in [3.8, 4) is 0 Å². The second kappa shape index (κ2) is 6.43. The lowest BCUT2D eigenvalue weighted by atomic mass is 9.77. The molecule has 1 aromatic heterocycles. The van der Waals surface area contributed by atoms with Crippen LogP contribution in [0.15, 0.2) is 21.3 Å². The minimum Gasteiger partial charge on any atom is -0.456 e. The second-order valence-electron chi connectivity index (χ2n) is 6.01. The smallest absolute Gasteiger partial charge is 0.289 e. The Morgan fingerprint density at radius 2 is 2.24 bits per heavy atom. The summed E-state index contributed by atoms with van der Waals surface area (Å²) >= 11 is 0. The molecule has 5 nitrogen and oxygen atoms in total. The molecular weight excluding hydrogens is 270 g/mol. The number of hydrogen-bond acceptors (Lipinski definition) is 4. The Hall–Kier alpha value is -1.62. The van der Waals surface area contributed by atoms with Gasteiger partial charge < -0.3 is 14.4 Å². The quantitative estimate of drug-likeness (QED) is 0.921. The number of carbonyl (C=O) groups is 1. The van der Waals surface area contributed by atoms with Crippen molar-refractivity contribution >= 4 is 5.91 Å². The van der Waals surface area contributed by atoms with Gasteiger partial charge in [0.05, 0.1) is 6.61 Å². The van der Waals surface area contributed by atoms with Gasteiger partial charge in [-0.05, 0) is 26.2 Å². The van der Waals surface area contributed by atoms with Crippen LogP contribution in [0.2, 0.25) is 0 Å². The minimum absolute atomic E-state index is 0.0857. The fraction of sp³-hybridized carbons (Fsp3) is 0.625. The third-order valence-corrected chi connectivity index (χ3v) is 4.16. The normalized spacial score (nSPS) is 22.3. The highest BCUT2D eigenvalue weighted by Crippen LogP contribution is 2.34. The fourth-order valence-electron chi connectivity index (χ4n) is 3.19. The van der Waals surface area contributed by atoms with Gasteiger partial charge in [-0.1, -0.05) is 13.3 Å². The second-order valence-corrected chi connectivity index (χ2v) is 6.01.